The molecule has 1 atom stereocenters. The molecule has 2 aromatic rings. The lowest BCUT2D eigenvalue weighted by Crippen LogP contribution is -2.25. The van der Waals surface area contributed by atoms with Gasteiger partial charge in [0.1, 0.15) is 11.5 Å². The zero-order valence-electron chi connectivity index (χ0n) is 14.0. The number of benzene rings is 2. The molecular weight excluding hydrogens is 361 g/mol. The third kappa shape index (κ3) is 3.41. The Morgan fingerprint density at radius 3 is 2.46 bits per heavy atom. The van der Waals surface area contributed by atoms with E-state index in [2.05, 4.69) is 5.32 Å². The Morgan fingerprint density at radius 2 is 1.81 bits per heavy atom. The van der Waals surface area contributed by atoms with Crippen LogP contribution in [0.3, 0.4) is 0 Å². The molecule has 0 saturated heterocycles. The van der Waals surface area contributed by atoms with Gasteiger partial charge >= 0.3 is 11.9 Å². The fourth-order valence-corrected chi connectivity index (χ4v) is 2.73. The molecule has 0 radical (unpaired) electrons. The number of aryl methyl sites for hydroxylation is 2. The summed E-state index contributed by atoms with van der Waals surface area (Å²) < 4.78 is 23.9. The molecular formula is C19H15ClFNO4. The van der Waals surface area contributed by atoms with E-state index in [0.717, 1.165) is 17.2 Å². The number of carbonyl (C=O) groups excluding carboxylic acids is 2. The first kappa shape index (κ1) is 17.9. The van der Waals surface area contributed by atoms with Crippen molar-refractivity contribution in [2.45, 2.75) is 20.1 Å². The summed E-state index contributed by atoms with van der Waals surface area (Å²) in [6, 6.07) is 11.0. The highest BCUT2D eigenvalue weighted by Crippen LogP contribution is 2.31. The molecule has 1 aliphatic heterocycles. The molecule has 2 aromatic carbocycles. The zero-order chi connectivity index (χ0) is 18.8. The van der Waals surface area contributed by atoms with E-state index in [9.17, 15) is 14.0 Å². The summed E-state index contributed by atoms with van der Waals surface area (Å²) in [4.78, 5) is 24.0. The normalized spacial score (nSPS) is 16.5. The molecule has 0 amide bonds. The van der Waals surface area contributed by atoms with Crippen LogP contribution in [0.5, 0.6) is 0 Å². The van der Waals surface area contributed by atoms with Crippen LogP contribution in [0.4, 0.5) is 10.1 Å². The van der Waals surface area contributed by atoms with Crippen molar-refractivity contribution in [1.29, 1.82) is 0 Å². The van der Waals surface area contributed by atoms with Crippen molar-refractivity contribution in [2.75, 3.05) is 5.32 Å². The van der Waals surface area contributed by atoms with Crippen molar-refractivity contribution < 1.29 is 23.5 Å². The summed E-state index contributed by atoms with van der Waals surface area (Å²) in [5, 5.41) is 2.79. The van der Waals surface area contributed by atoms with Crippen molar-refractivity contribution in [3.8, 4) is 0 Å². The third-order valence-electron chi connectivity index (χ3n) is 3.91. The molecule has 1 N–H and O–H groups in total. The van der Waals surface area contributed by atoms with Gasteiger partial charge in [0.2, 0.25) is 0 Å². The van der Waals surface area contributed by atoms with Crippen molar-refractivity contribution in [3.05, 3.63) is 75.7 Å². The second-order valence-electron chi connectivity index (χ2n) is 5.74. The first-order chi connectivity index (χ1) is 12.4. The smallest absolute Gasteiger partial charge is 0.355 e. The van der Waals surface area contributed by atoms with Gasteiger partial charge in [-0.25, -0.2) is 14.0 Å². The van der Waals surface area contributed by atoms with Gasteiger partial charge < -0.3 is 14.8 Å². The van der Waals surface area contributed by atoms with Crippen molar-refractivity contribution >= 4 is 29.2 Å². The van der Waals surface area contributed by atoms with Gasteiger partial charge in [0, 0.05) is 5.69 Å². The molecule has 0 spiro atoms. The molecule has 0 fully saturated rings. The van der Waals surface area contributed by atoms with Crippen LogP contribution >= 0.6 is 11.6 Å². The van der Waals surface area contributed by atoms with E-state index in [1.807, 2.05) is 32.0 Å². The van der Waals surface area contributed by atoms with Crippen molar-refractivity contribution in [1.82, 2.24) is 0 Å². The maximum absolute atomic E-state index is 13.8. The number of halogens is 2. The van der Waals surface area contributed by atoms with Gasteiger partial charge in [-0.2, -0.15) is 0 Å². The average Bonchev–Trinajstić information content (AvgIpc) is 2.85. The van der Waals surface area contributed by atoms with Gasteiger partial charge in [-0.3, -0.25) is 0 Å². The fraction of sp³-hybridized carbons (Fsp3) is 0.158. The lowest BCUT2D eigenvalue weighted by molar-refractivity contribution is -0.152. The Labute approximate surface area is 154 Å². The van der Waals surface area contributed by atoms with Gasteiger partial charge in [0.25, 0.3) is 6.29 Å². The van der Waals surface area contributed by atoms with Gasteiger partial charge in [-0.05, 0) is 37.1 Å². The summed E-state index contributed by atoms with van der Waals surface area (Å²) in [6.07, 6.45) is -1.39. The van der Waals surface area contributed by atoms with Crippen LogP contribution in [0.2, 0.25) is 0 Å². The fourth-order valence-electron chi connectivity index (χ4n) is 2.55. The number of ether oxygens (including phenoxy) is 2. The Bertz CT molecular complexity index is 905. The standard InChI is InChI=1S/C19H15ClFNO4/c1-10-6-5-7-11(2)15(10)22-16-14(20)18(24)26-19(16)25-17(23)12-8-3-4-9-13(12)21/h3-9,19,22H,1-2H3/t19-/m1/s1. The Morgan fingerprint density at radius 1 is 1.15 bits per heavy atom. The molecule has 0 saturated carbocycles. The number of nitrogens with one attached hydrogen (secondary N) is 1. The molecule has 0 aromatic heterocycles. The summed E-state index contributed by atoms with van der Waals surface area (Å²) in [5.74, 6) is -2.53. The zero-order valence-corrected chi connectivity index (χ0v) is 14.8. The first-order valence-corrected chi connectivity index (χ1v) is 8.15. The van der Waals surface area contributed by atoms with E-state index in [0.29, 0.717) is 5.69 Å². The second-order valence-corrected chi connectivity index (χ2v) is 6.12. The monoisotopic (exact) mass is 375 g/mol. The summed E-state index contributed by atoms with van der Waals surface area (Å²) >= 11 is 6.02. The minimum absolute atomic E-state index is 0.0961. The van der Waals surface area contributed by atoms with Crippen LogP contribution in [-0.4, -0.2) is 18.2 Å². The molecule has 1 heterocycles. The lowest BCUT2D eigenvalue weighted by Gasteiger charge is -2.18. The minimum atomic E-state index is -1.39. The molecule has 5 nitrogen and oxygen atoms in total. The van der Waals surface area contributed by atoms with E-state index in [1.165, 1.54) is 18.2 Å². The number of hydrogen-bond acceptors (Lipinski definition) is 5. The van der Waals surface area contributed by atoms with Crippen LogP contribution < -0.4 is 5.32 Å². The van der Waals surface area contributed by atoms with E-state index >= 15 is 0 Å². The number of cyclic esters (lactones) is 1. The van der Waals surface area contributed by atoms with Crippen molar-refractivity contribution in [2.24, 2.45) is 0 Å². The highest BCUT2D eigenvalue weighted by atomic mass is 35.5. The highest BCUT2D eigenvalue weighted by molar-refractivity contribution is 6.42. The Balaban J connectivity index is 1.87. The first-order valence-electron chi connectivity index (χ1n) is 7.78. The maximum Gasteiger partial charge on any atom is 0.355 e. The molecule has 1 aliphatic rings. The van der Waals surface area contributed by atoms with Crippen LogP contribution in [0.25, 0.3) is 0 Å². The van der Waals surface area contributed by atoms with E-state index < -0.39 is 24.0 Å². The molecule has 3 rings (SSSR count). The third-order valence-corrected chi connectivity index (χ3v) is 4.27. The number of para-hydroxylation sites is 1. The van der Waals surface area contributed by atoms with E-state index in [-0.39, 0.29) is 16.3 Å². The summed E-state index contributed by atoms with van der Waals surface area (Å²) in [5.41, 5.74) is 2.35. The number of rotatable bonds is 4. The number of carbonyl (C=O) groups is 2. The lowest BCUT2D eigenvalue weighted by atomic mass is 10.1. The largest absolute Gasteiger partial charge is 0.415 e. The van der Waals surface area contributed by atoms with Gasteiger partial charge in [-0.1, -0.05) is 41.9 Å². The predicted molar refractivity (Wildman–Crippen MR) is 94.1 cm³/mol. The van der Waals surface area contributed by atoms with Crippen LogP contribution in [0.15, 0.2) is 53.2 Å². The quantitative estimate of drug-likeness (QED) is 0.817. The second kappa shape index (κ2) is 7.17. The highest BCUT2D eigenvalue weighted by Gasteiger charge is 2.37. The van der Waals surface area contributed by atoms with E-state index in [1.54, 1.807) is 0 Å². The van der Waals surface area contributed by atoms with Crippen LogP contribution in [0, 0.1) is 19.7 Å². The Kier molecular flexibility index (Phi) is 4.95. The molecule has 7 heteroatoms. The predicted octanol–water partition coefficient (Wildman–Crippen LogP) is 4.04. The average molecular weight is 376 g/mol. The number of hydrogen-bond donors (Lipinski definition) is 1. The molecule has 134 valence electrons. The summed E-state index contributed by atoms with van der Waals surface area (Å²) in [6.45, 7) is 3.75. The van der Waals surface area contributed by atoms with Crippen molar-refractivity contribution in [3.63, 3.8) is 0 Å². The van der Waals surface area contributed by atoms with Gasteiger partial charge in [0.15, 0.2) is 5.03 Å². The number of esters is 2. The molecule has 0 bridgehead atoms. The molecule has 0 unspecified atom stereocenters. The van der Waals surface area contributed by atoms with Crippen LogP contribution in [0.1, 0.15) is 21.5 Å². The SMILES string of the molecule is Cc1cccc(C)c1NC1=C(Cl)C(=O)O[C@H]1OC(=O)c1ccccc1F. The van der Waals surface area contributed by atoms with Crippen LogP contribution in [-0.2, 0) is 14.3 Å². The number of anilines is 1. The topological polar surface area (TPSA) is 64.6 Å². The maximum atomic E-state index is 13.8. The Hall–Kier alpha value is -2.86. The van der Waals surface area contributed by atoms with Gasteiger partial charge in [-0.15, -0.1) is 0 Å². The van der Waals surface area contributed by atoms with Gasteiger partial charge in [0.05, 0.1) is 5.56 Å². The van der Waals surface area contributed by atoms with E-state index in [4.69, 9.17) is 21.1 Å². The molecule has 0 aliphatic carbocycles. The summed E-state index contributed by atoms with van der Waals surface area (Å²) in [7, 11) is 0. The molecule has 26 heavy (non-hydrogen) atoms. The minimum Gasteiger partial charge on any atom is -0.415 e.